The lowest BCUT2D eigenvalue weighted by Gasteiger charge is -2.30. The lowest BCUT2D eigenvalue weighted by molar-refractivity contribution is -0.159. The van der Waals surface area contributed by atoms with Crippen LogP contribution in [0.3, 0.4) is 0 Å². The molecule has 0 spiro atoms. The van der Waals surface area contributed by atoms with Gasteiger partial charge in [-0.3, -0.25) is 0 Å². The quantitative estimate of drug-likeness (QED) is 0.567. The fourth-order valence-electron chi connectivity index (χ4n) is 2.66. The Morgan fingerprint density at radius 1 is 1.21 bits per heavy atom. The van der Waals surface area contributed by atoms with Crippen molar-refractivity contribution in [1.29, 1.82) is 0 Å². The summed E-state index contributed by atoms with van der Waals surface area (Å²) in [6.07, 6.45) is 3.70. The van der Waals surface area contributed by atoms with Crippen LogP contribution in [0.1, 0.15) is 33.6 Å². The Kier molecular flexibility index (Phi) is 6.71. The van der Waals surface area contributed by atoms with Crippen molar-refractivity contribution in [2.24, 2.45) is 0 Å². The molecule has 0 aliphatic carbocycles. The molecule has 156 valence electrons. The highest BCUT2D eigenvalue weighted by molar-refractivity contribution is 6.29. The maximum absolute atomic E-state index is 11.8. The zero-order chi connectivity index (χ0) is 20.9. The second kappa shape index (κ2) is 9.23. The van der Waals surface area contributed by atoms with Gasteiger partial charge in [0, 0.05) is 32.0 Å². The smallest absolute Gasteiger partial charge is 0.474 e. The minimum atomic E-state index is -0.694. The van der Waals surface area contributed by atoms with Gasteiger partial charge in [0.1, 0.15) is 29.0 Å². The van der Waals surface area contributed by atoms with Gasteiger partial charge in [-0.15, -0.1) is 5.06 Å². The Labute approximate surface area is 174 Å². The Hall–Kier alpha value is -2.65. The normalized spacial score (nSPS) is 15.6. The van der Waals surface area contributed by atoms with Gasteiger partial charge in [-0.2, -0.15) is 0 Å². The molecule has 1 N–H and O–H groups in total. The molecule has 10 heteroatoms. The predicted octanol–water partition coefficient (Wildman–Crippen LogP) is 3.98. The number of anilines is 2. The summed E-state index contributed by atoms with van der Waals surface area (Å²) in [4.78, 5) is 29.3. The highest BCUT2D eigenvalue weighted by Crippen LogP contribution is 2.21. The summed E-state index contributed by atoms with van der Waals surface area (Å²) < 4.78 is 11.1. The zero-order valence-corrected chi connectivity index (χ0v) is 17.3. The third-order valence-electron chi connectivity index (χ3n) is 3.92. The van der Waals surface area contributed by atoms with Crippen LogP contribution >= 0.6 is 11.6 Å². The van der Waals surface area contributed by atoms with Gasteiger partial charge in [-0.05, 0) is 32.9 Å². The van der Waals surface area contributed by atoms with Gasteiger partial charge in [0.25, 0.3) is 0 Å². The minimum Gasteiger partial charge on any atom is -0.474 e. The summed E-state index contributed by atoms with van der Waals surface area (Å²) in [5.74, 6) is 1.06. The molecule has 0 unspecified atom stereocenters. The molecule has 3 heterocycles. The predicted molar refractivity (Wildman–Crippen MR) is 107 cm³/mol. The van der Waals surface area contributed by atoms with Crippen LogP contribution < -0.4 is 10.1 Å². The number of hydrogen-bond acceptors (Lipinski definition) is 9. The van der Waals surface area contributed by atoms with E-state index in [2.05, 4.69) is 20.3 Å². The van der Waals surface area contributed by atoms with E-state index in [0.717, 1.165) is 5.69 Å². The van der Waals surface area contributed by atoms with Crippen molar-refractivity contribution in [3.05, 3.63) is 35.9 Å². The van der Waals surface area contributed by atoms with E-state index in [4.69, 9.17) is 25.9 Å². The molecule has 1 fully saturated rings. The average Bonchev–Trinajstić information content (AvgIpc) is 2.64. The van der Waals surface area contributed by atoms with Gasteiger partial charge < -0.3 is 19.6 Å². The van der Waals surface area contributed by atoms with E-state index in [1.165, 1.54) is 6.33 Å². The molecule has 9 nitrogen and oxygen atoms in total. The fraction of sp³-hybridized carbons (Fsp3) is 0.474. The number of halogens is 1. The molecule has 2 aromatic heterocycles. The molecule has 0 aromatic carbocycles. The van der Waals surface area contributed by atoms with Crippen molar-refractivity contribution >= 4 is 29.3 Å². The summed E-state index contributed by atoms with van der Waals surface area (Å²) in [5, 5.41) is 5.14. The summed E-state index contributed by atoms with van der Waals surface area (Å²) in [5.41, 5.74) is 0.172. The average molecular weight is 422 g/mol. The summed E-state index contributed by atoms with van der Waals surface area (Å²) in [6.45, 7) is 6.49. The first-order chi connectivity index (χ1) is 13.8. The highest BCUT2D eigenvalue weighted by atomic mass is 35.5. The molecule has 0 bridgehead atoms. The van der Waals surface area contributed by atoms with E-state index in [1.54, 1.807) is 50.2 Å². The fourth-order valence-corrected chi connectivity index (χ4v) is 2.77. The number of aromatic nitrogens is 3. The van der Waals surface area contributed by atoms with E-state index in [9.17, 15) is 4.79 Å². The number of ether oxygens (including phenoxy) is 2. The molecule has 0 radical (unpaired) electrons. The molecular formula is C19H24ClN5O4. The second-order valence-corrected chi connectivity index (χ2v) is 7.93. The highest BCUT2D eigenvalue weighted by Gasteiger charge is 2.26. The standard InChI is InChI=1S/C19H24ClN5O4/c1-19(2,3)28-18(26)29-25-8-6-14(7-9-25)27-17-10-16(22-12-23-17)24-13-4-5-15(20)21-11-13/h4-5,10-12,14H,6-9H2,1-3H3,(H,22,23,24). The lowest BCUT2D eigenvalue weighted by atomic mass is 10.1. The van der Waals surface area contributed by atoms with Crippen LogP contribution in [0, 0.1) is 0 Å². The first kappa shape index (κ1) is 21.1. The lowest BCUT2D eigenvalue weighted by Crippen LogP contribution is -2.40. The minimum absolute atomic E-state index is 0.0339. The second-order valence-electron chi connectivity index (χ2n) is 7.54. The molecule has 0 atom stereocenters. The molecule has 0 saturated carbocycles. The van der Waals surface area contributed by atoms with Gasteiger partial charge >= 0.3 is 6.16 Å². The van der Waals surface area contributed by atoms with Crippen molar-refractivity contribution < 1.29 is 19.1 Å². The number of rotatable bonds is 5. The molecule has 3 rings (SSSR count). The Morgan fingerprint density at radius 3 is 2.62 bits per heavy atom. The van der Waals surface area contributed by atoms with Gasteiger partial charge in [0.15, 0.2) is 0 Å². The summed E-state index contributed by atoms with van der Waals surface area (Å²) >= 11 is 5.79. The first-order valence-corrected chi connectivity index (χ1v) is 9.68. The summed E-state index contributed by atoms with van der Waals surface area (Å²) in [7, 11) is 0. The third-order valence-corrected chi connectivity index (χ3v) is 4.15. The van der Waals surface area contributed by atoms with E-state index in [-0.39, 0.29) is 6.10 Å². The number of carbonyl (C=O) groups excluding carboxylic acids is 1. The maximum Gasteiger partial charge on any atom is 0.528 e. The van der Waals surface area contributed by atoms with Crippen LogP contribution in [0.25, 0.3) is 0 Å². The first-order valence-electron chi connectivity index (χ1n) is 9.30. The van der Waals surface area contributed by atoms with E-state index >= 15 is 0 Å². The zero-order valence-electron chi connectivity index (χ0n) is 16.6. The monoisotopic (exact) mass is 421 g/mol. The van der Waals surface area contributed by atoms with Crippen LogP contribution in [0.5, 0.6) is 5.88 Å². The van der Waals surface area contributed by atoms with Crippen molar-refractivity contribution in [3.63, 3.8) is 0 Å². The Morgan fingerprint density at radius 2 is 1.97 bits per heavy atom. The molecule has 29 heavy (non-hydrogen) atoms. The number of hydrogen-bond donors (Lipinski definition) is 1. The van der Waals surface area contributed by atoms with Crippen LogP contribution in [0.2, 0.25) is 5.15 Å². The van der Waals surface area contributed by atoms with Gasteiger partial charge in [0.2, 0.25) is 5.88 Å². The number of carbonyl (C=O) groups is 1. The third kappa shape index (κ3) is 7.03. The Bertz CT molecular complexity index is 820. The van der Waals surface area contributed by atoms with Crippen molar-refractivity contribution in [2.75, 3.05) is 18.4 Å². The summed E-state index contributed by atoms with van der Waals surface area (Å²) in [6, 6.07) is 5.21. The number of piperidine rings is 1. The van der Waals surface area contributed by atoms with Gasteiger partial charge in [0.05, 0.1) is 11.9 Å². The number of nitrogens with zero attached hydrogens (tertiary/aromatic N) is 4. The van der Waals surface area contributed by atoms with Crippen LogP contribution in [0.4, 0.5) is 16.3 Å². The van der Waals surface area contributed by atoms with Gasteiger partial charge in [-0.25, -0.2) is 19.7 Å². The topological polar surface area (TPSA) is 98.7 Å². The SMILES string of the molecule is CC(C)(C)OC(=O)ON1CCC(Oc2cc(Nc3ccc(Cl)nc3)ncn2)CC1. The van der Waals surface area contributed by atoms with Crippen molar-refractivity contribution in [2.45, 2.75) is 45.3 Å². The number of hydroxylamine groups is 2. The maximum atomic E-state index is 11.8. The van der Waals surface area contributed by atoms with E-state index < -0.39 is 11.8 Å². The Balaban J connectivity index is 1.48. The molecule has 1 aliphatic rings. The number of pyridine rings is 1. The molecule has 1 saturated heterocycles. The van der Waals surface area contributed by atoms with E-state index in [1.807, 2.05) is 0 Å². The number of nitrogens with one attached hydrogen (secondary N) is 1. The molecule has 1 aliphatic heterocycles. The van der Waals surface area contributed by atoms with Crippen molar-refractivity contribution in [3.8, 4) is 5.88 Å². The van der Waals surface area contributed by atoms with Crippen LogP contribution in [-0.4, -0.2) is 51.0 Å². The largest absolute Gasteiger partial charge is 0.528 e. The molecular weight excluding hydrogens is 398 g/mol. The molecule has 2 aromatic rings. The van der Waals surface area contributed by atoms with E-state index in [0.29, 0.717) is 42.8 Å². The van der Waals surface area contributed by atoms with Crippen LogP contribution in [0.15, 0.2) is 30.7 Å². The van der Waals surface area contributed by atoms with Crippen molar-refractivity contribution in [1.82, 2.24) is 20.0 Å². The van der Waals surface area contributed by atoms with Gasteiger partial charge in [-0.1, -0.05) is 11.6 Å². The van der Waals surface area contributed by atoms with Crippen LogP contribution in [-0.2, 0) is 9.57 Å². The molecule has 0 amide bonds.